The van der Waals surface area contributed by atoms with E-state index in [-0.39, 0.29) is 31.4 Å². The van der Waals surface area contributed by atoms with Crippen molar-refractivity contribution in [3.63, 3.8) is 0 Å². The third-order valence-corrected chi connectivity index (χ3v) is 12.3. The highest BCUT2D eigenvalue weighted by atomic mass is 16.7. The number of hydrogen-bond acceptors (Lipinski definition) is 15. The van der Waals surface area contributed by atoms with Crippen LogP contribution in [0.2, 0.25) is 0 Å². The Balaban J connectivity index is 2.23. The van der Waals surface area contributed by atoms with Gasteiger partial charge < -0.3 is 63.6 Å². The van der Waals surface area contributed by atoms with Gasteiger partial charge in [0.05, 0.1) is 59.8 Å². The minimum absolute atomic E-state index is 0.0619. The van der Waals surface area contributed by atoms with Crippen molar-refractivity contribution in [2.75, 3.05) is 21.2 Å². The van der Waals surface area contributed by atoms with E-state index in [1.807, 2.05) is 25.9 Å². The summed E-state index contributed by atoms with van der Waals surface area (Å²) in [5, 5.41) is 58.2. The molecule has 0 saturated carbocycles. The minimum atomic E-state index is -1.95. The molecule has 0 spiro atoms. The summed E-state index contributed by atoms with van der Waals surface area (Å²) in [6, 6.07) is -0.306. The zero-order valence-electron chi connectivity index (χ0n) is 34.9. The van der Waals surface area contributed by atoms with E-state index in [1.54, 1.807) is 55.4 Å². The second-order valence-electron chi connectivity index (χ2n) is 17.3. The van der Waals surface area contributed by atoms with Crippen LogP contribution in [0.25, 0.3) is 0 Å². The molecule has 0 bridgehead atoms. The Morgan fingerprint density at radius 3 is 2.06 bits per heavy atom. The summed E-state index contributed by atoms with van der Waals surface area (Å²) in [5.41, 5.74) is -4.79. The van der Waals surface area contributed by atoms with Crippen LogP contribution in [0.15, 0.2) is 0 Å². The predicted molar refractivity (Wildman–Crippen MR) is 197 cm³/mol. The van der Waals surface area contributed by atoms with E-state index in [2.05, 4.69) is 0 Å². The fraction of sp³-hybridized carbons (Fsp3) is 0.949. The molecular formula is C39H71NO14. The average Bonchev–Trinajstić information content (AvgIpc) is 3.08. The molecule has 3 aliphatic rings. The molecule has 15 heteroatoms. The normalized spacial score (nSPS) is 48.9. The lowest BCUT2D eigenvalue weighted by Gasteiger charge is -2.49. The maximum Gasteiger partial charge on any atom is 0.311 e. The van der Waals surface area contributed by atoms with Gasteiger partial charge in [0.15, 0.2) is 18.7 Å². The molecule has 3 fully saturated rings. The van der Waals surface area contributed by atoms with Gasteiger partial charge in [-0.15, -0.1) is 0 Å². The molecule has 3 heterocycles. The first-order valence-corrected chi connectivity index (χ1v) is 19.5. The monoisotopic (exact) mass is 777 g/mol. The van der Waals surface area contributed by atoms with Gasteiger partial charge in [-0.05, 0) is 80.8 Å². The van der Waals surface area contributed by atoms with E-state index in [9.17, 15) is 35.1 Å². The number of likely N-dealkylation sites (N-methyl/N-ethyl adjacent to an activating group) is 1. The Morgan fingerprint density at radius 1 is 0.907 bits per heavy atom. The Morgan fingerprint density at radius 2 is 1.52 bits per heavy atom. The molecule has 3 saturated heterocycles. The lowest BCUT2D eigenvalue weighted by Crippen LogP contribution is -2.61. The average molecular weight is 778 g/mol. The van der Waals surface area contributed by atoms with Gasteiger partial charge in [-0.25, -0.2) is 0 Å². The highest BCUT2D eigenvalue weighted by molar-refractivity contribution is 5.73. The molecule has 0 unspecified atom stereocenters. The number of nitrogens with zero attached hydrogens (tertiary/aromatic N) is 1. The van der Waals surface area contributed by atoms with Crippen LogP contribution in [-0.2, 0) is 42.7 Å². The maximum atomic E-state index is 14.2. The van der Waals surface area contributed by atoms with Crippen LogP contribution in [0.1, 0.15) is 102 Å². The lowest BCUT2D eigenvalue weighted by molar-refractivity contribution is -0.319. The van der Waals surface area contributed by atoms with Crippen LogP contribution in [0.5, 0.6) is 0 Å². The minimum Gasteiger partial charge on any atom is -0.459 e. The molecule has 3 rings (SSSR count). The molecule has 0 amide bonds. The SMILES string of the molecule is CC[C@H]1OC(=O)[C@H](C)[C@@H](O[C@H]2C[C@@](C)(OC)[C@@H](O)[C@H](C)O2)[C@H](C)[C@@H](O[C@@H]2O[C@H](C)C[C@H](N(C)C)[C@H]2OC(C)=O)[C@](C)(O)C[C@@H](C)[C@H](O)[C@H](C)[C@@H](O)[C@]1(C)O. The second kappa shape index (κ2) is 18.4. The zero-order valence-corrected chi connectivity index (χ0v) is 34.9. The summed E-state index contributed by atoms with van der Waals surface area (Å²) >= 11 is 0. The number of carbonyl (C=O) groups excluding carboxylic acids is 2. The Hall–Kier alpha value is -1.50. The summed E-state index contributed by atoms with van der Waals surface area (Å²) in [6.45, 7) is 17.9. The van der Waals surface area contributed by atoms with Gasteiger partial charge in [-0.1, -0.05) is 27.7 Å². The van der Waals surface area contributed by atoms with Gasteiger partial charge in [0.25, 0.3) is 0 Å². The molecule has 15 nitrogen and oxygen atoms in total. The predicted octanol–water partition coefficient (Wildman–Crippen LogP) is 2.15. The number of hydrogen-bond donors (Lipinski definition) is 5. The van der Waals surface area contributed by atoms with Gasteiger partial charge in [0, 0.05) is 32.3 Å². The van der Waals surface area contributed by atoms with Gasteiger partial charge >= 0.3 is 11.9 Å². The van der Waals surface area contributed by atoms with Gasteiger partial charge in [-0.3, -0.25) is 9.59 Å². The summed E-state index contributed by atoms with van der Waals surface area (Å²) in [7, 11) is 5.21. The number of cyclic esters (lactones) is 1. The Labute approximate surface area is 321 Å². The summed E-state index contributed by atoms with van der Waals surface area (Å²) in [4.78, 5) is 28.6. The summed E-state index contributed by atoms with van der Waals surface area (Å²) < 4.78 is 43.5. The molecule has 0 radical (unpaired) electrons. The van der Waals surface area contributed by atoms with Gasteiger partial charge in [0.1, 0.15) is 17.8 Å². The maximum absolute atomic E-state index is 14.2. The Bertz CT molecular complexity index is 1230. The van der Waals surface area contributed by atoms with E-state index in [0.717, 1.165) is 0 Å². The van der Waals surface area contributed by atoms with E-state index in [4.69, 9.17) is 33.2 Å². The number of carbonyl (C=O) groups is 2. The van der Waals surface area contributed by atoms with E-state index in [0.29, 0.717) is 6.42 Å². The summed E-state index contributed by atoms with van der Waals surface area (Å²) in [6.07, 6.45) is -10.6. The zero-order chi connectivity index (χ0) is 41.2. The topological polar surface area (TPSA) is 203 Å². The first-order chi connectivity index (χ1) is 24.8. The van der Waals surface area contributed by atoms with Crippen molar-refractivity contribution in [1.29, 1.82) is 0 Å². The largest absolute Gasteiger partial charge is 0.459 e. The van der Waals surface area contributed by atoms with Crippen molar-refractivity contribution in [3.8, 4) is 0 Å². The number of aliphatic hydroxyl groups excluding tert-OH is 3. The van der Waals surface area contributed by atoms with Crippen LogP contribution in [0.4, 0.5) is 0 Å². The van der Waals surface area contributed by atoms with E-state index < -0.39 is 114 Å². The van der Waals surface area contributed by atoms with Crippen molar-refractivity contribution in [3.05, 3.63) is 0 Å². The third-order valence-electron chi connectivity index (χ3n) is 12.3. The lowest BCUT2D eigenvalue weighted by atomic mass is 9.73. The van der Waals surface area contributed by atoms with E-state index >= 15 is 0 Å². The fourth-order valence-electron chi connectivity index (χ4n) is 8.89. The standard InChI is InChI=1S/C39H71NO14/c1-15-27-39(11,47)32(43)21(4)29(42)19(2)17-37(9,46)34(54-36-31(51-25(8)41)26(40(12)13)16-20(3)49-36)22(5)30(23(6)35(45)52-27)53-28-18-38(10,48-14)33(44)24(7)50-28/h19-24,26-34,36,42-44,46-47H,15-18H2,1-14H3/t19-,20-,21+,22+,23-,24+,26+,27-,28+,29+,30+,31-,32-,33+,34-,36+,37-,38-,39-/m1/s1. The van der Waals surface area contributed by atoms with Crippen LogP contribution in [0, 0.1) is 23.7 Å². The number of methoxy groups -OCH3 is 1. The van der Waals surface area contributed by atoms with E-state index in [1.165, 1.54) is 21.0 Å². The third kappa shape index (κ3) is 10.3. The molecule has 0 aromatic rings. The second-order valence-corrected chi connectivity index (χ2v) is 17.3. The van der Waals surface area contributed by atoms with Crippen molar-refractivity contribution >= 4 is 11.9 Å². The van der Waals surface area contributed by atoms with Crippen LogP contribution in [0.3, 0.4) is 0 Å². The number of ether oxygens (including phenoxy) is 7. The van der Waals surface area contributed by atoms with Crippen molar-refractivity contribution in [2.24, 2.45) is 23.7 Å². The van der Waals surface area contributed by atoms with Gasteiger partial charge in [-0.2, -0.15) is 0 Å². The first kappa shape index (κ1) is 46.9. The molecule has 316 valence electrons. The quantitative estimate of drug-likeness (QED) is 0.224. The van der Waals surface area contributed by atoms with Crippen LogP contribution < -0.4 is 0 Å². The van der Waals surface area contributed by atoms with Crippen molar-refractivity contribution < 1.29 is 68.3 Å². The summed E-state index contributed by atoms with van der Waals surface area (Å²) in [5.74, 6) is -4.78. The molecule has 0 aromatic carbocycles. The van der Waals surface area contributed by atoms with Crippen molar-refractivity contribution in [1.82, 2.24) is 4.90 Å². The molecule has 19 atom stereocenters. The smallest absolute Gasteiger partial charge is 0.311 e. The molecule has 0 aromatic heterocycles. The molecular weight excluding hydrogens is 706 g/mol. The highest BCUT2D eigenvalue weighted by Gasteiger charge is 2.54. The van der Waals surface area contributed by atoms with Crippen LogP contribution >= 0.6 is 0 Å². The number of aliphatic hydroxyl groups is 5. The molecule has 3 aliphatic heterocycles. The first-order valence-electron chi connectivity index (χ1n) is 19.5. The highest BCUT2D eigenvalue weighted by Crippen LogP contribution is 2.41. The molecule has 5 N–H and O–H groups in total. The van der Waals surface area contributed by atoms with Crippen molar-refractivity contribution in [2.45, 2.75) is 192 Å². The Kier molecular flexibility index (Phi) is 16.0. The van der Waals surface area contributed by atoms with Gasteiger partial charge in [0.2, 0.25) is 0 Å². The molecule has 54 heavy (non-hydrogen) atoms. The molecule has 0 aliphatic carbocycles. The fourth-order valence-corrected chi connectivity index (χ4v) is 8.89. The number of rotatable bonds is 8. The number of esters is 2. The van der Waals surface area contributed by atoms with Crippen LogP contribution in [-0.4, -0.2) is 154 Å².